The molecule has 16 heteroatoms. The molecule has 0 bridgehead atoms. The van der Waals surface area contributed by atoms with Gasteiger partial charge in [-0.2, -0.15) is 4.98 Å². The number of nitrogens with two attached hydrogens (primary N) is 1. The smallest absolute Gasteiger partial charge is 0.408 e. The molecule has 1 aliphatic carbocycles. The minimum atomic E-state index is -1.27. The van der Waals surface area contributed by atoms with Crippen molar-refractivity contribution in [3.05, 3.63) is 101 Å². The predicted octanol–water partition coefficient (Wildman–Crippen LogP) is 4.81. The highest BCUT2D eigenvalue weighted by Crippen LogP contribution is 2.42. The minimum absolute atomic E-state index is 0.0324. The molecule has 5 N–H and O–H groups in total. The number of aromatic amines is 1. The Labute approximate surface area is 311 Å². The average Bonchev–Trinajstić information content (AvgIpc) is 3.64. The molecule has 1 saturated carbocycles. The lowest BCUT2D eigenvalue weighted by Gasteiger charge is -2.26. The number of carbonyl (C=O) groups is 4. The van der Waals surface area contributed by atoms with E-state index in [0.29, 0.717) is 16.7 Å². The number of carbonyl (C=O) groups excluding carboxylic acids is 4. The number of aromatic nitrogens is 4. The summed E-state index contributed by atoms with van der Waals surface area (Å²) in [6, 6.07) is 13.8. The van der Waals surface area contributed by atoms with Gasteiger partial charge in [-0.3, -0.25) is 9.78 Å². The Hall–Kier alpha value is -6.19. The van der Waals surface area contributed by atoms with E-state index in [-0.39, 0.29) is 30.1 Å². The van der Waals surface area contributed by atoms with Crippen LogP contribution in [0.1, 0.15) is 77.2 Å². The average molecular weight is 744 g/mol. The summed E-state index contributed by atoms with van der Waals surface area (Å²) in [4.78, 5) is 77.0. The molecule has 5 rings (SSSR count). The van der Waals surface area contributed by atoms with Crippen LogP contribution in [0.4, 0.5) is 15.5 Å². The SMILES string of the molecule is C=C1[C@H](COC(=O)[C@H](NC(=O)OC(C)(C)C)c2ccccc2)[C@@H](OC(=O)C(NC(=O)OC(C)(C)C)c2ccccc2)C[C@@H]1n1cnc2c(=O)[nH]c(N)nc21. The number of hydrogen-bond acceptors (Lipinski definition) is 12. The monoisotopic (exact) mass is 743 g/mol. The zero-order valence-corrected chi connectivity index (χ0v) is 31.0. The van der Waals surface area contributed by atoms with E-state index in [1.165, 1.54) is 6.33 Å². The Kier molecular flexibility index (Phi) is 11.4. The number of hydrogen-bond donors (Lipinski definition) is 4. The topological polar surface area (TPSA) is 219 Å². The van der Waals surface area contributed by atoms with Crippen molar-refractivity contribution in [1.82, 2.24) is 30.2 Å². The summed E-state index contributed by atoms with van der Waals surface area (Å²) in [7, 11) is 0. The predicted molar refractivity (Wildman–Crippen MR) is 197 cm³/mol. The van der Waals surface area contributed by atoms with Crippen LogP contribution in [0.25, 0.3) is 11.2 Å². The van der Waals surface area contributed by atoms with E-state index in [0.717, 1.165) is 0 Å². The molecule has 5 atom stereocenters. The lowest BCUT2D eigenvalue weighted by molar-refractivity contribution is -0.156. The first-order chi connectivity index (χ1) is 25.4. The third-order valence-corrected chi connectivity index (χ3v) is 8.33. The molecule has 4 aromatic rings. The number of nitrogens with one attached hydrogen (secondary N) is 3. The van der Waals surface area contributed by atoms with Crippen molar-refractivity contribution in [2.24, 2.45) is 5.92 Å². The van der Waals surface area contributed by atoms with Crippen LogP contribution in [-0.4, -0.2) is 67.6 Å². The molecule has 2 heterocycles. The quantitative estimate of drug-likeness (QED) is 0.0978. The highest BCUT2D eigenvalue weighted by atomic mass is 16.6. The van der Waals surface area contributed by atoms with Crippen molar-refractivity contribution in [3.8, 4) is 0 Å². The van der Waals surface area contributed by atoms with E-state index in [4.69, 9.17) is 24.7 Å². The summed E-state index contributed by atoms with van der Waals surface area (Å²) in [6.45, 7) is 14.1. The Morgan fingerprint density at radius 1 is 0.889 bits per heavy atom. The molecule has 1 aliphatic rings. The second kappa shape index (κ2) is 15.8. The number of fused-ring (bicyclic) bond motifs is 1. The van der Waals surface area contributed by atoms with E-state index in [1.807, 2.05) is 0 Å². The van der Waals surface area contributed by atoms with Gasteiger partial charge in [-0.1, -0.05) is 67.2 Å². The van der Waals surface area contributed by atoms with Gasteiger partial charge in [0, 0.05) is 6.42 Å². The zero-order valence-electron chi connectivity index (χ0n) is 31.0. The van der Waals surface area contributed by atoms with Crippen molar-refractivity contribution < 1.29 is 38.1 Å². The summed E-state index contributed by atoms with van der Waals surface area (Å²) in [5.74, 6) is -2.56. The highest BCUT2D eigenvalue weighted by molar-refractivity contribution is 5.84. The number of alkyl carbamates (subject to hydrolysis) is 2. The van der Waals surface area contributed by atoms with Gasteiger partial charge in [-0.05, 0) is 58.2 Å². The summed E-state index contributed by atoms with van der Waals surface area (Å²) < 4.78 is 24.4. The number of H-pyrrole nitrogens is 1. The highest BCUT2D eigenvalue weighted by Gasteiger charge is 2.44. The lowest BCUT2D eigenvalue weighted by atomic mass is 10.0. The van der Waals surface area contributed by atoms with Gasteiger partial charge in [0.25, 0.3) is 5.56 Å². The first-order valence-corrected chi connectivity index (χ1v) is 17.3. The molecule has 2 aromatic carbocycles. The van der Waals surface area contributed by atoms with Crippen molar-refractivity contribution in [2.45, 2.75) is 83.4 Å². The standard InChI is InChI=1S/C38H45N7O9/c1-21-24(19-51-32(47)27(22-14-10-8-11-15-22)41-35(49)53-37(2,3)4)26(18-25(21)45-20-40-29-30(45)43-34(39)44-31(29)46)52-33(48)28(23-16-12-9-13-17-23)42-36(50)54-38(5,6)7/h8-17,20,24-28H,1,18-19H2,2-7H3,(H,41,49)(H,42,50)(H3,39,43,44,46)/t24-,25-,26-,27+,28?/m0/s1. The van der Waals surface area contributed by atoms with Gasteiger partial charge < -0.3 is 39.9 Å². The third kappa shape index (κ3) is 9.61. The van der Waals surface area contributed by atoms with Crippen LogP contribution >= 0.6 is 0 Å². The van der Waals surface area contributed by atoms with Crippen molar-refractivity contribution in [1.29, 1.82) is 0 Å². The Balaban J connectivity index is 1.45. The summed E-state index contributed by atoms with van der Waals surface area (Å²) in [6.07, 6.45) is -1.14. The van der Waals surface area contributed by atoms with E-state index >= 15 is 0 Å². The van der Waals surface area contributed by atoms with Gasteiger partial charge in [0.05, 0.1) is 18.3 Å². The number of imidazole rings is 1. The molecular formula is C38H45N7O9. The van der Waals surface area contributed by atoms with Gasteiger partial charge in [0.15, 0.2) is 23.2 Å². The number of benzene rings is 2. The fourth-order valence-electron chi connectivity index (χ4n) is 6.00. The van der Waals surface area contributed by atoms with Crippen LogP contribution in [0.3, 0.4) is 0 Å². The number of nitrogens with zero attached hydrogens (tertiary/aromatic N) is 3. The van der Waals surface area contributed by atoms with Crippen molar-refractivity contribution in [3.63, 3.8) is 0 Å². The second-order valence-electron chi connectivity index (χ2n) is 14.8. The van der Waals surface area contributed by atoms with E-state index in [2.05, 4.69) is 32.2 Å². The van der Waals surface area contributed by atoms with Crippen LogP contribution in [-0.2, 0) is 28.5 Å². The van der Waals surface area contributed by atoms with Crippen LogP contribution in [0, 0.1) is 5.92 Å². The molecule has 0 spiro atoms. The molecule has 0 radical (unpaired) electrons. The molecular weight excluding hydrogens is 698 g/mol. The molecule has 1 fully saturated rings. The molecule has 54 heavy (non-hydrogen) atoms. The van der Waals surface area contributed by atoms with Crippen molar-refractivity contribution >= 4 is 41.2 Å². The Morgan fingerprint density at radius 3 is 1.93 bits per heavy atom. The molecule has 16 nitrogen and oxygen atoms in total. The fourth-order valence-corrected chi connectivity index (χ4v) is 6.00. The van der Waals surface area contributed by atoms with Gasteiger partial charge in [0.2, 0.25) is 5.95 Å². The van der Waals surface area contributed by atoms with Gasteiger partial charge in [0.1, 0.15) is 23.9 Å². The fraction of sp³-hybridized carbons (Fsp3) is 0.395. The normalized spacial score (nSPS) is 18.3. The van der Waals surface area contributed by atoms with Crippen LogP contribution in [0.15, 0.2) is 83.9 Å². The maximum Gasteiger partial charge on any atom is 0.408 e. The molecule has 286 valence electrons. The molecule has 2 amide bonds. The molecule has 1 unspecified atom stereocenters. The second-order valence-corrected chi connectivity index (χ2v) is 14.8. The summed E-state index contributed by atoms with van der Waals surface area (Å²) in [5, 5.41) is 5.20. The molecule has 0 saturated heterocycles. The third-order valence-electron chi connectivity index (χ3n) is 8.33. The van der Waals surface area contributed by atoms with Gasteiger partial charge >= 0.3 is 24.1 Å². The largest absolute Gasteiger partial charge is 0.463 e. The minimum Gasteiger partial charge on any atom is -0.463 e. The lowest BCUT2D eigenvalue weighted by Crippen LogP contribution is -2.41. The van der Waals surface area contributed by atoms with E-state index < -0.39 is 71.0 Å². The Morgan fingerprint density at radius 2 is 1.41 bits per heavy atom. The van der Waals surface area contributed by atoms with Gasteiger partial charge in [-0.25, -0.2) is 24.2 Å². The first kappa shape index (κ1) is 39.0. The maximum atomic E-state index is 14.0. The van der Waals surface area contributed by atoms with Gasteiger partial charge in [-0.15, -0.1) is 0 Å². The van der Waals surface area contributed by atoms with Crippen LogP contribution in [0.5, 0.6) is 0 Å². The number of ether oxygens (including phenoxy) is 4. The van der Waals surface area contributed by atoms with Crippen LogP contribution in [0.2, 0.25) is 0 Å². The number of amides is 2. The molecule has 0 aliphatic heterocycles. The zero-order chi connectivity index (χ0) is 39.4. The number of nitrogen functional groups attached to an aromatic ring is 1. The van der Waals surface area contributed by atoms with E-state index in [9.17, 15) is 24.0 Å². The maximum absolute atomic E-state index is 14.0. The number of rotatable bonds is 10. The summed E-state index contributed by atoms with van der Waals surface area (Å²) >= 11 is 0. The van der Waals surface area contributed by atoms with Crippen molar-refractivity contribution in [2.75, 3.05) is 12.3 Å². The first-order valence-electron chi connectivity index (χ1n) is 17.3. The molecule has 2 aromatic heterocycles. The number of anilines is 1. The van der Waals surface area contributed by atoms with Crippen LogP contribution < -0.4 is 21.9 Å². The van der Waals surface area contributed by atoms with E-state index in [1.54, 1.807) is 107 Å². The number of esters is 2. The Bertz CT molecular complexity index is 2070. The summed E-state index contributed by atoms with van der Waals surface area (Å²) in [5.41, 5.74) is 5.18.